The van der Waals surface area contributed by atoms with Gasteiger partial charge in [-0.3, -0.25) is 4.79 Å². The minimum absolute atomic E-state index is 0.0545. The molecule has 2 aliphatic rings. The molecule has 2 saturated heterocycles. The van der Waals surface area contributed by atoms with Gasteiger partial charge in [-0.2, -0.15) is 0 Å². The Kier molecular flexibility index (Phi) is 7.65. The number of nitrogens with one attached hydrogen (secondary N) is 2. The van der Waals surface area contributed by atoms with Crippen LogP contribution in [0.5, 0.6) is 0 Å². The molecule has 0 spiro atoms. The zero-order chi connectivity index (χ0) is 23.2. The molecule has 2 unspecified atom stereocenters. The smallest absolute Gasteiger partial charge is 0.321 e. The van der Waals surface area contributed by atoms with Crippen LogP contribution in [0, 0.1) is 19.8 Å². The molecule has 4 rings (SSSR count). The van der Waals surface area contributed by atoms with Crippen molar-refractivity contribution >= 4 is 17.6 Å². The highest BCUT2D eigenvalue weighted by molar-refractivity contribution is 5.90. The maximum absolute atomic E-state index is 13.2. The van der Waals surface area contributed by atoms with Crippen molar-refractivity contribution in [2.75, 3.05) is 44.6 Å². The molecule has 2 aromatic rings. The fraction of sp³-hybridized carbons (Fsp3) is 0.481. The van der Waals surface area contributed by atoms with Crippen molar-refractivity contribution in [1.29, 1.82) is 0 Å². The summed E-state index contributed by atoms with van der Waals surface area (Å²) in [6.45, 7) is 8.97. The topological polar surface area (TPSA) is 64.7 Å². The third-order valence-electron chi connectivity index (χ3n) is 7.06. The van der Waals surface area contributed by atoms with Gasteiger partial charge >= 0.3 is 6.03 Å². The van der Waals surface area contributed by atoms with E-state index in [4.69, 9.17) is 0 Å². The summed E-state index contributed by atoms with van der Waals surface area (Å²) in [5, 5.41) is 6.18. The van der Waals surface area contributed by atoms with Gasteiger partial charge in [0.1, 0.15) is 0 Å². The lowest BCUT2D eigenvalue weighted by molar-refractivity contribution is -0.126. The van der Waals surface area contributed by atoms with E-state index in [1.807, 2.05) is 43.3 Å². The number of aryl methyl sites for hydroxylation is 2. The Morgan fingerprint density at radius 3 is 2.45 bits per heavy atom. The lowest BCUT2D eigenvalue weighted by atomic mass is 9.84. The quantitative estimate of drug-likeness (QED) is 0.698. The first-order chi connectivity index (χ1) is 16.0. The number of hydrogen-bond acceptors (Lipinski definition) is 3. The predicted molar refractivity (Wildman–Crippen MR) is 132 cm³/mol. The number of likely N-dealkylation sites (tertiary alicyclic amines) is 2. The van der Waals surface area contributed by atoms with E-state index >= 15 is 0 Å². The molecule has 2 N–H and O–H groups in total. The Labute approximate surface area is 197 Å². The van der Waals surface area contributed by atoms with E-state index < -0.39 is 0 Å². The Hall–Kier alpha value is -2.86. The second kappa shape index (κ2) is 10.8. The molecule has 176 valence electrons. The van der Waals surface area contributed by atoms with Crippen molar-refractivity contribution in [3.63, 3.8) is 0 Å². The lowest BCUT2D eigenvalue weighted by Crippen LogP contribution is -2.50. The minimum atomic E-state index is -0.215. The average Bonchev–Trinajstić information content (AvgIpc) is 3.35. The molecule has 2 fully saturated rings. The van der Waals surface area contributed by atoms with Crippen molar-refractivity contribution in [2.24, 2.45) is 5.92 Å². The van der Waals surface area contributed by atoms with Crippen molar-refractivity contribution in [1.82, 2.24) is 15.1 Å². The molecule has 0 aliphatic carbocycles. The van der Waals surface area contributed by atoms with Gasteiger partial charge in [-0.15, -0.1) is 0 Å². The van der Waals surface area contributed by atoms with E-state index in [0.29, 0.717) is 19.6 Å². The molecule has 6 heteroatoms. The number of rotatable bonds is 6. The van der Waals surface area contributed by atoms with Gasteiger partial charge in [-0.05, 0) is 75.0 Å². The van der Waals surface area contributed by atoms with Crippen LogP contribution in [0.3, 0.4) is 0 Å². The summed E-state index contributed by atoms with van der Waals surface area (Å²) in [5.74, 6) is -0.0216. The number of nitrogens with zero attached hydrogens (tertiary/aromatic N) is 2. The summed E-state index contributed by atoms with van der Waals surface area (Å²) in [6.07, 6.45) is 3.26. The first-order valence-electron chi connectivity index (χ1n) is 12.2. The van der Waals surface area contributed by atoms with E-state index in [9.17, 15) is 9.59 Å². The van der Waals surface area contributed by atoms with Gasteiger partial charge in [0.15, 0.2) is 0 Å². The Bertz CT molecular complexity index is 956. The van der Waals surface area contributed by atoms with Crippen LogP contribution < -0.4 is 10.6 Å². The number of amides is 3. The number of carbonyl (C=O) groups excluding carboxylic acids is 2. The minimum Gasteiger partial charge on any atom is -0.355 e. The van der Waals surface area contributed by atoms with Crippen LogP contribution in [0.15, 0.2) is 48.5 Å². The number of hydrogen-bond donors (Lipinski definition) is 2. The van der Waals surface area contributed by atoms with Crippen LogP contribution >= 0.6 is 0 Å². The highest BCUT2D eigenvalue weighted by atomic mass is 16.2. The van der Waals surface area contributed by atoms with Crippen molar-refractivity contribution in [3.05, 3.63) is 65.2 Å². The summed E-state index contributed by atoms with van der Waals surface area (Å²) < 4.78 is 0. The van der Waals surface area contributed by atoms with Crippen LogP contribution in [0.1, 0.15) is 41.9 Å². The van der Waals surface area contributed by atoms with Crippen LogP contribution in [-0.4, -0.2) is 61.0 Å². The maximum atomic E-state index is 13.2. The Balaban J connectivity index is 1.42. The summed E-state index contributed by atoms with van der Waals surface area (Å²) in [5.41, 5.74) is 4.30. The van der Waals surface area contributed by atoms with E-state index in [0.717, 1.165) is 37.3 Å². The molecule has 0 bridgehead atoms. The zero-order valence-corrected chi connectivity index (χ0v) is 19.8. The highest BCUT2D eigenvalue weighted by Crippen LogP contribution is 2.31. The monoisotopic (exact) mass is 448 g/mol. The Morgan fingerprint density at radius 1 is 0.970 bits per heavy atom. The summed E-state index contributed by atoms with van der Waals surface area (Å²) in [7, 11) is 0. The normalized spacial score (nSPS) is 21.1. The van der Waals surface area contributed by atoms with Crippen molar-refractivity contribution in [3.8, 4) is 0 Å². The maximum Gasteiger partial charge on any atom is 0.321 e. The van der Waals surface area contributed by atoms with E-state index in [2.05, 4.69) is 34.6 Å². The Morgan fingerprint density at radius 2 is 1.73 bits per heavy atom. The first-order valence-corrected chi connectivity index (χ1v) is 12.2. The largest absolute Gasteiger partial charge is 0.355 e. The highest BCUT2D eigenvalue weighted by Gasteiger charge is 2.34. The summed E-state index contributed by atoms with van der Waals surface area (Å²) >= 11 is 0. The third-order valence-corrected chi connectivity index (χ3v) is 7.06. The molecule has 2 aromatic carbocycles. The van der Waals surface area contributed by atoms with Crippen LogP contribution in [-0.2, 0) is 4.79 Å². The molecule has 0 saturated carbocycles. The molecular formula is C27H36N4O2. The van der Waals surface area contributed by atoms with Crippen LogP contribution in [0.4, 0.5) is 10.5 Å². The third kappa shape index (κ3) is 6.14. The van der Waals surface area contributed by atoms with Crippen molar-refractivity contribution in [2.45, 2.75) is 39.0 Å². The average molecular weight is 449 g/mol. The van der Waals surface area contributed by atoms with Gasteiger partial charge in [-0.25, -0.2) is 4.79 Å². The van der Waals surface area contributed by atoms with E-state index in [1.165, 1.54) is 24.0 Å². The molecule has 0 aromatic heterocycles. The van der Waals surface area contributed by atoms with Gasteiger partial charge in [0.05, 0.1) is 5.92 Å². The fourth-order valence-corrected chi connectivity index (χ4v) is 4.93. The number of piperidine rings is 1. The second-order valence-corrected chi connectivity index (χ2v) is 9.51. The van der Waals surface area contributed by atoms with E-state index in [1.54, 1.807) is 4.90 Å². The standard InChI is InChI=1S/C27H36N4O2/c1-20-10-11-25(16-21(20)2)29-27(33)31-18-23(22-8-4-3-5-9-22)17-24(19-31)26(32)28-12-15-30-13-6-7-14-30/h3-5,8-11,16,23-24H,6-7,12-15,17-19H2,1-2H3,(H,28,32)(H,29,33). The van der Waals surface area contributed by atoms with Crippen LogP contribution in [0.25, 0.3) is 0 Å². The van der Waals surface area contributed by atoms with Gasteiger partial charge in [-0.1, -0.05) is 36.4 Å². The molecule has 2 aliphatic heterocycles. The molecule has 2 heterocycles. The number of anilines is 1. The molecular weight excluding hydrogens is 412 g/mol. The van der Waals surface area contributed by atoms with Gasteiger partial charge in [0.2, 0.25) is 5.91 Å². The molecule has 0 radical (unpaired) electrons. The first kappa shape index (κ1) is 23.3. The zero-order valence-electron chi connectivity index (χ0n) is 19.8. The van der Waals surface area contributed by atoms with E-state index in [-0.39, 0.29) is 23.8 Å². The van der Waals surface area contributed by atoms with Gasteiger partial charge in [0, 0.05) is 37.8 Å². The number of urea groups is 1. The van der Waals surface area contributed by atoms with Gasteiger partial charge in [0.25, 0.3) is 0 Å². The number of carbonyl (C=O) groups is 2. The van der Waals surface area contributed by atoms with Crippen LogP contribution in [0.2, 0.25) is 0 Å². The van der Waals surface area contributed by atoms with Crippen molar-refractivity contribution < 1.29 is 9.59 Å². The molecule has 2 atom stereocenters. The fourth-order valence-electron chi connectivity index (χ4n) is 4.93. The molecule has 6 nitrogen and oxygen atoms in total. The van der Waals surface area contributed by atoms with Gasteiger partial charge < -0.3 is 20.4 Å². The lowest BCUT2D eigenvalue weighted by Gasteiger charge is -2.37. The molecule has 33 heavy (non-hydrogen) atoms. The summed E-state index contributed by atoms with van der Waals surface area (Å²) in [4.78, 5) is 30.4. The SMILES string of the molecule is Cc1ccc(NC(=O)N2CC(C(=O)NCCN3CCCC3)CC(c3ccccc3)C2)cc1C. The predicted octanol–water partition coefficient (Wildman–Crippen LogP) is 4.15. The summed E-state index contributed by atoms with van der Waals surface area (Å²) in [6, 6.07) is 16.0. The molecule has 3 amide bonds. The second-order valence-electron chi connectivity index (χ2n) is 9.51. The number of benzene rings is 2.